The molecule has 0 radical (unpaired) electrons. The van der Waals surface area contributed by atoms with E-state index >= 15 is 0 Å². The van der Waals surface area contributed by atoms with Crippen molar-refractivity contribution in [3.05, 3.63) is 18.2 Å². The smallest absolute Gasteiger partial charge is 0.407 e. The lowest BCUT2D eigenvalue weighted by molar-refractivity contribution is 0.0527. The van der Waals surface area contributed by atoms with Gasteiger partial charge in [-0.25, -0.2) is 14.2 Å². The highest BCUT2D eigenvalue weighted by atomic mass is 19.1. The Morgan fingerprint density at radius 3 is 2.59 bits per heavy atom. The summed E-state index contributed by atoms with van der Waals surface area (Å²) in [6, 6.07) is 0. The number of alkyl halides is 1. The highest BCUT2D eigenvalue weighted by molar-refractivity contribution is 5.96. The summed E-state index contributed by atoms with van der Waals surface area (Å²) < 4.78 is 26.0. The lowest BCUT2D eigenvalue weighted by Gasteiger charge is -2.19. The molecule has 0 unspecified atom stereocenters. The second kappa shape index (κ2) is 13.9. The fourth-order valence-corrected chi connectivity index (χ4v) is 4.08. The number of nitrogens with zero attached hydrogens (tertiary/aromatic N) is 5. The molecule has 2 aromatic heterocycles. The number of halogens is 1. The summed E-state index contributed by atoms with van der Waals surface area (Å²) in [6.45, 7) is 7.65. The molecule has 39 heavy (non-hydrogen) atoms. The first-order valence-corrected chi connectivity index (χ1v) is 13.5. The van der Waals surface area contributed by atoms with Crippen LogP contribution in [0.15, 0.2) is 18.2 Å². The first kappa shape index (κ1) is 29.9. The monoisotopic (exact) mass is 547 g/mol. The fraction of sp³-hybridized carbons (Fsp3) is 0.654. The van der Waals surface area contributed by atoms with E-state index in [0.717, 1.165) is 38.6 Å². The number of methoxy groups -OCH3 is 1. The molecule has 1 amide bonds. The molecule has 1 aliphatic rings. The number of hydrogen-bond donors (Lipinski definition) is 4. The summed E-state index contributed by atoms with van der Waals surface area (Å²) in [5.41, 5.74) is 1.07. The van der Waals surface area contributed by atoms with E-state index in [2.05, 4.69) is 30.9 Å². The van der Waals surface area contributed by atoms with Gasteiger partial charge in [-0.1, -0.05) is 19.3 Å². The Kier molecular flexibility index (Phi) is 10.7. The molecule has 3 heterocycles. The van der Waals surface area contributed by atoms with E-state index in [1.807, 2.05) is 32.7 Å². The first-order chi connectivity index (χ1) is 18.6. The van der Waals surface area contributed by atoms with Crippen LogP contribution < -0.4 is 20.9 Å². The van der Waals surface area contributed by atoms with Gasteiger partial charge in [0.25, 0.3) is 0 Å². The number of alkyl carbamates (subject to hydrolysis) is 1. The van der Waals surface area contributed by atoms with Crippen molar-refractivity contribution in [1.29, 1.82) is 5.41 Å². The van der Waals surface area contributed by atoms with E-state index in [9.17, 15) is 9.18 Å². The fourth-order valence-electron chi connectivity index (χ4n) is 4.08. The zero-order chi connectivity index (χ0) is 28.4. The molecule has 0 bridgehead atoms. The van der Waals surface area contributed by atoms with Gasteiger partial charge in [0.05, 0.1) is 20.0 Å². The lowest BCUT2D eigenvalue weighted by Crippen LogP contribution is -2.32. The SMILES string of the molecule is COC(=N)/C(=C\NCCCCCCCNC(=O)OC(C)(C)C)Nc1nc(N2CC[C@H](F)C2)nc2c1ncn2C. The average Bonchev–Trinajstić information content (AvgIpc) is 3.48. The van der Waals surface area contributed by atoms with Crippen LogP contribution in [0.3, 0.4) is 0 Å². The minimum absolute atomic E-state index is 0.0609. The number of nitrogens with one attached hydrogen (secondary N) is 4. The normalized spacial score (nSPS) is 15.9. The molecule has 0 aromatic carbocycles. The number of ether oxygens (including phenoxy) is 2. The van der Waals surface area contributed by atoms with Crippen LogP contribution in [-0.4, -0.2) is 76.6 Å². The van der Waals surface area contributed by atoms with Gasteiger partial charge < -0.3 is 34.9 Å². The third kappa shape index (κ3) is 9.25. The van der Waals surface area contributed by atoms with Crippen LogP contribution in [0, 0.1) is 5.41 Å². The van der Waals surface area contributed by atoms with Gasteiger partial charge in [0.1, 0.15) is 17.5 Å². The third-order valence-electron chi connectivity index (χ3n) is 6.08. The van der Waals surface area contributed by atoms with Gasteiger partial charge in [-0.2, -0.15) is 9.97 Å². The molecule has 1 atom stereocenters. The number of amides is 1. The van der Waals surface area contributed by atoms with Crippen LogP contribution in [-0.2, 0) is 16.5 Å². The first-order valence-electron chi connectivity index (χ1n) is 13.5. The molecule has 12 nitrogen and oxygen atoms in total. The van der Waals surface area contributed by atoms with Gasteiger partial charge in [0.15, 0.2) is 17.0 Å². The number of carbonyl (C=O) groups excluding carboxylic acids is 1. The second-order valence-electron chi connectivity index (χ2n) is 10.6. The molecular formula is C26H42FN9O3. The standard InChI is InChI=1S/C26H42FN9O3/c1-26(2,3)39-25(37)30-13-10-8-6-7-9-12-29-15-19(21(28)38-5)32-22-20-23(35(4)17-31-20)34-24(33-22)36-14-11-18(27)16-36/h15,17-18,28-29H,6-14,16H2,1-5H3,(H,30,37)(H,32,33,34)/b19-15+,28-21?/t18-/m0/s1. The number of aromatic nitrogens is 4. The van der Waals surface area contributed by atoms with Gasteiger partial charge in [0, 0.05) is 32.9 Å². The number of anilines is 2. The van der Waals surface area contributed by atoms with Gasteiger partial charge in [0.2, 0.25) is 11.8 Å². The zero-order valence-electron chi connectivity index (χ0n) is 23.6. The van der Waals surface area contributed by atoms with Crippen LogP contribution in [0.2, 0.25) is 0 Å². The van der Waals surface area contributed by atoms with Crippen LogP contribution in [0.5, 0.6) is 0 Å². The molecule has 1 fully saturated rings. The van der Waals surface area contributed by atoms with Crippen molar-refractivity contribution < 1.29 is 18.7 Å². The predicted molar refractivity (Wildman–Crippen MR) is 150 cm³/mol. The molecule has 4 N–H and O–H groups in total. The van der Waals surface area contributed by atoms with E-state index < -0.39 is 11.8 Å². The van der Waals surface area contributed by atoms with E-state index in [4.69, 9.17) is 14.9 Å². The Morgan fingerprint density at radius 2 is 1.92 bits per heavy atom. The minimum atomic E-state index is -0.900. The Labute approximate surface area is 229 Å². The highest BCUT2D eigenvalue weighted by Gasteiger charge is 2.26. The molecule has 3 rings (SSSR count). The molecule has 0 aliphatic carbocycles. The third-order valence-corrected chi connectivity index (χ3v) is 6.08. The zero-order valence-corrected chi connectivity index (χ0v) is 23.6. The Bertz CT molecular complexity index is 1150. The molecule has 1 aliphatic heterocycles. The van der Waals surface area contributed by atoms with Crippen molar-refractivity contribution in [3.63, 3.8) is 0 Å². The summed E-state index contributed by atoms with van der Waals surface area (Å²) >= 11 is 0. The van der Waals surface area contributed by atoms with Crippen molar-refractivity contribution in [1.82, 2.24) is 30.2 Å². The summed E-state index contributed by atoms with van der Waals surface area (Å²) in [5, 5.41) is 17.4. The maximum absolute atomic E-state index is 13.8. The van der Waals surface area contributed by atoms with Gasteiger partial charge in [-0.3, -0.25) is 5.41 Å². The van der Waals surface area contributed by atoms with E-state index in [-0.39, 0.29) is 18.5 Å². The maximum Gasteiger partial charge on any atom is 0.407 e. The summed E-state index contributed by atoms with van der Waals surface area (Å²) in [7, 11) is 3.27. The average molecular weight is 548 g/mol. The van der Waals surface area contributed by atoms with Crippen molar-refractivity contribution in [3.8, 4) is 0 Å². The minimum Gasteiger partial charge on any atom is -0.480 e. The van der Waals surface area contributed by atoms with Crippen molar-refractivity contribution in [2.24, 2.45) is 7.05 Å². The predicted octanol–water partition coefficient (Wildman–Crippen LogP) is 3.85. The molecule has 13 heteroatoms. The Morgan fingerprint density at radius 1 is 1.21 bits per heavy atom. The number of rotatable bonds is 13. The number of aryl methyl sites for hydroxylation is 1. The van der Waals surface area contributed by atoms with Crippen molar-refractivity contribution >= 4 is 34.9 Å². The molecule has 1 saturated heterocycles. The second-order valence-corrected chi connectivity index (χ2v) is 10.6. The maximum atomic E-state index is 13.8. The van der Waals surface area contributed by atoms with Crippen LogP contribution >= 0.6 is 0 Å². The summed E-state index contributed by atoms with van der Waals surface area (Å²) in [6.07, 6.45) is 7.46. The molecule has 0 saturated carbocycles. The lowest BCUT2D eigenvalue weighted by atomic mass is 10.1. The van der Waals surface area contributed by atoms with Crippen molar-refractivity contribution in [2.75, 3.05) is 43.5 Å². The Hall–Kier alpha value is -3.64. The van der Waals surface area contributed by atoms with Gasteiger partial charge in [-0.05, 0) is 40.0 Å². The molecular weight excluding hydrogens is 505 g/mol. The van der Waals surface area contributed by atoms with E-state index in [1.54, 1.807) is 17.1 Å². The molecule has 0 spiro atoms. The van der Waals surface area contributed by atoms with E-state index in [0.29, 0.717) is 48.1 Å². The number of carbonyl (C=O) groups is 1. The number of fused-ring (bicyclic) bond motifs is 1. The molecule has 2 aromatic rings. The van der Waals surface area contributed by atoms with Crippen LogP contribution in [0.4, 0.5) is 21.0 Å². The van der Waals surface area contributed by atoms with E-state index in [1.165, 1.54) is 7.11 Å². The molecule has 216 valence electrons. The quantitative estimate of drug-likeness (QED) is 0.167. The number of hydrogen-bond acceptors (Lipinski definition) is 10. The summed E-state index contributed by atoms with van der Waals surface area (Å²) in [4.78, 5) is 27.1. The largest absolute Gasteiger partial charge is 0.480 e. The topological polar surface area (TPSA) is 142 Å². The number of imidazole rings is 1. The summed E-state index contributed by atoms with van der Waals surface area (Å²) in [5.74, 6) is 0.785. The van der Waals surface area contributed by atoms with Gasteiger partial charge >= 0.3 is 6.09 Å². The van der Waals surface area contributed by atoms with Crippen LogP contribution in [0.25, 0.3) is 11.2 Å². The Balaban J connectivity index is 1.49. The van der Waals surface area contributed by atoms with Gasteiger partial charge in [-0.15, -0.1) is 0 Å². The number of unbranched alkanes of at least 4 members (excludes halogenated alkanes) is 4. The van der Waals surface area contributed by atoms with Crippen LogP contribution in [0.1, 0.15) is 59.3 Å². The highest BCUT2D eigenvalue weighted by Crippen LogP contribution is 2.26. The van der Waals surface area contributed by atoms with Crippen molar-refractivity contribution in [2.45, 2.75) is 71.1 Å².